The number of benzene rings is 2. The average molecular weight is 692 g/mol. The Balaban J connectivity index is 3.46. The van der Waals surface area contributed by atoms with Gasteiger partial charge < -0.3 is 37.9 Å². The highest BCUT2D eigenvalue weighted by Crippen LogP contribution is 2.59. The zero-order valence-corrected chi connectivity index (χ0v) is 27.3. The number of esters is 2. The third-order valence-corrected chi connectivity index (χ3v) is 6.89. The standard InChI is InChI=1S/C28H36Br2O10/c1-9-35-21-15(17(27(31)33-7)19(29)23(37-11-3)25(21)39-13-5)16-18(28(32)34-8)20(30)24(38-12-4)26(40-14-6)22(16)36-10-2/h9-14H2,1-8H3. The van der Waals surface area contributed by atoms with E-state index in [1.54, 1.807) is 41.5 Å². The Bertz CT molecular complexity index is 1120. The number of hydrogen-bond donors (Lipinski definition) is 0. The number of ether oxygens (including phenoxy) is 8. The molecule has 2 aromatic rings. The second-order valence-electron chi connectivity index (χ2n) is 7.68. The molecule has 0 fully saturated rings. The summed E-state index contributed by atoms with van der Waals surface area (Å²) in [7, 11) is 2.50. The van der Waals surface area contributed by atoms with Gasteiger partial charge in [0.15, 0.2) is 23.0 Å². The van der Waals surface area contributed by atoms with E-state index in [1.165, 1.54) is 14.2 Å². The fourth-order valence-electron chi connectivity index (χ4n) is 4.03. The van der Waals surface area contributed by atoms with E-state index in [0.717, 1.165) is 0 Å². The molecule has 0 radical (unpaired) electrons. The summed E-state index contributed by atoms with van der Waals surface area (Å²) in [5.41, 5.74) is 0.340. The fraction of sp³-hybridized carbons (Fsp3) is 0.500. The number of rotatable bonds is 15. The summed E-state index contributed by atoms with van der Waals surface area (Å²) >= 11 is 7.08. The molecular weight excluding hydrogens is 656 g/mol. The second kappa shape index (κ2) is 15.8. The van der Waals surface area contributed by atoms with E-state index < -0.39 is 11.9 Å². The molecule has 0 bridgehead atoms. The van der Waals surface area contributed by atoms with E-state index in [2.05, 4.69) is 31.9 Å². The van der Waals surface area contributed by atoms with Crippen LogP contribution >= 0.6 is 31.9 Å². The smallest absolute Gasteiger partial charge is 0.339 e. The van der Waals surface area contributed by atoms with E-state index in [0.29, 0.717) is 0 Å². The predicted octanol–water partition coefficient (Wildman–Crippen LogP) is 6.84. The first kappa shape index (κ1) is 33.3. The predicted molar refractivity (Wildman–Crippen MR) is 157 cm³/mol. The molecule has 0 aliphatic carbocycles. The van der Waals surface area contributed by atoms with E-state index >= 15 is 0 Å². The Labute approximate surface area is 251 Å². The number of hydrogen-bond acceptors (Lipinski definition) is 10. The van der Waals surface area contributed by atoms with Crippen LogP contribution in [0.25, 0.3) is 11.1 Å². The molecule has 0 heterocycles. The lowest BCUT2D eigenvalue weighted by Crippen LogP contribution is -2.16. The van der Waals surface area contributed by atoms with E-state index in [1.807, 2.05) is 0 Å². The van der Waals surface area contributed by atoms with Crippen molar-refractivity contribution >= 4 is 43.8 Å². The molecule has 0 amide bonds. The molecule has 0 aliphatic rings. The molecule has 2 aromatic carbocycles. The van der Waals surface area contributed by atoms with Gasteiger partial charge in [-0.1, -0.05) is 0 Å². The van der Waals surface area contributed by atoms with Crippen LogP contribution in [0.15, 0.2) is 8.95 Å². The topological polar surface area (TPSA) is 108 Å². The maximum absolute atomic E-state index is 13.5. The van der Waals surface area contributed by atoms with E-state index in [-0.39, 0.29) is 105 Å². The minimum atomic E-state index is -0.729. The van der Waals surface area contributed by atoms with Crippen molar-refractivity contribution in [1.29, 1.82) is 0 Å². The summed E-state index contributed by atoms with van der Waals surface area (Å²) in [6.45, 7) is 12.2. The van der Waals surface area contributed by atoms with Crippen LogP contribution in [0.5, 0.6) is 34.5 Å². The second-order valence-corrected chi connectivity index (χ2v) is 9.27. The molecule has 2 rings (SSSR count). The van der Waals surface area contributed by atoms with E-state index in [9.17, 15) is 9.59 Å². The summed E-state index contributed by atoms with van der Waals surface area (Å²) in [6, 6.07) is 0. The highest BCUT2D eigenvalue weighted by molar-refractivity contribution is 9.11. The summed E-state index contributed by atoms with van der Waals surface area (Å²) in [5.74, 6) is -0.249. The molecule has 0 spiro atoms. The fourth-order valence-corrected chi connectivity index (χ4v) is 5.34. The molecule has 0 aromatic heterocycles. The van der Waals surface area contributed by atoms with Gasteiger partial charge in [0.1, 0.15) is 0 Å². The Morgan fingerprint density at radius 1 is 0.475 bits per heavy atom. The van der Waals surface area contributed by atoms with Crippen molar-refractivity contribution in [2.24, 2.45) is 0 Å². The number of carbonyl (C=O) groups excluding carboxylic acids is 2. The van der Waals surface area contributed by atoms with Crippen molar-refractivity contribution in [3.8, 4) is 45.6 Å². The molecule has 0 unspecified atom stereocenters. The van der Waals surface area contributed by atoms with Crippen molar-refractivity contribution in [3.05, 3.63) is 20.1 Å². The third kappa shape index (κ3) is 6.54. The molecule has 10 nitrogen and oxygen atoms in total. The van der Waals surface area contributed by atoms with Crippen LogP contribution in [0.4, 0.5) is 0 Å². The van der Waals surface area contributed by atoms with Crippen LogP contribution in [0.2, 0.25) is 0 Å². The van der Waals surface area contributed by atoms with Crippen molar-refractivity contribution in [2.75, 3.05) is 53.9 Å². The Kier molecular flexibility index (Phi) is 13.2. The summed E-state index contributed by atoms with van der Waals surface area (Å²) < 4.78 is 47.0. The molecule has 12 heteroatoms. The summed E-state index contributed by atoms with van der Waals surface area (Å²) in [4.78, 5) is 26.9. The van der Waals surface area contributed by atoms with Crippen molar-refractivity contribution in [2.45, 2.75) is 41.5 Å². The van der Waals surface area contributed by atoms with Gasteiger partial charge in [0, 0.05) is 11.1 Å². The van der Waals surface area contributed by atoms with Crippen LogP contribution in [-0.2, 0) is 9.47 Å². The zero-order chi connectivity index (χ0) is 30.0. The van der Waals surface area contributed by atoms with Gasteiger partial charge >= 0.3 is 11.9 Å². The average Bonchev–Trinajstić information content (AvgIpc) is 2.94. The van der Waals surface area contributed by atoms with Crippen LogP contribution in [0, 0.1) is 0 Å². The van der Waals surface area contributed by atoms with Crippen molar-refractivity contribution < 1.29 is 47.5 Å². The molecule has 0 saturated heterocycles. The summed E-state index contributed by atoms with van der Waals surface area (Å²) in [5, 5.41) is 0. The maximum Gasteiger partial charge on any atom is 0.339 e. The Morgan fingerprint density at radius 2 is 0.725 bits per heavy atom. The van der Waals surface area contributed by atoms with Gasteiger partial charge in [-0.2, -0.15) is 0 Å². The largest absolute Gasteiger partial charge is 0.489 e. The van der Waals surface area contributed by atoms with Gasteiger partial charge in [0.05, 0.1) is 73.9 Å². The minimum absolute atomic E-state index is 0.0162. The first-order valence-electron chi connectivity index (χ1n) is 13.0. The van der Waals surface area contributed by atoms with Crippen molar-refractivity contribution in [3.63, 3.8) is 0 Å². The number of carbonyl (C=O) groups is 2. The first-order valence-corrected chi connectivity index (χ1v) is 14.5. The first-order chi connectivity index (χ1) is 19.2. The van der Waals surface area contributed by atoms with E-state index in [4.69, 9.17) is 37.9 Å². The molecule has 0 N–H and O–H groups in total. The molecular formula is C28H36Br2O10. The monoisotopic (exact) mass is 690 g/mol. The van der Waals surface area contributed by atoms with Gasteiger partial charge in [-0.25, -0.2) is 9.59 Å². The number of methoxy groups -OCH3 is 2. The molecule has 0 atom stereocenters. The lowest BCUT2D eigenvalue weighted by molar-refractivity contribution is 0.0587. The Hall–Kier alpha value is -2.86. The highest BCUT2D eigenvalue weighted by Gasteiger charge is 2.39. The summed E-state index contributed by atoms with van der Waals surface area (Å²) in [6.07, 6.45) is 0. The SMILES string of the molecule is CCOc1c(Br)c(C(=O)OC)c(-c2c(OCC)c(OCC)c(OCC)c(Br)c2C(=O)OC)c(OCC)c1OCC. The molecule has 222 valence electrons. The molecule has 0 aliphatic heterocycles. The van der Waals surface area contributed by atoms with Crippen molar-refractivity contribution in [1.82, 2.24) is 0 Å². The van der Waals surface area contributed by atoms with Crippen LogP contribution in [0.3, 0.4) is 0 Å². The normalized spacial score (nSPS) is 10.6. The zero-order valence-electron chi connectivity index (χ0n) is 24.1. The maximum atomic E-state index is 13.5. The van der Waals surface area contributed by atoms with Gasteiger partial charge in [0.25, 0.3) is 0 Å². The van der Waals surface area contributed by atoms with Crippen LogP contribution in [0.1, 0.15) is 62.3 Å². The molecule has 40 heavy (non-hydrogen) atoms. The third-order valence-electron chi connectivity index (χ3n) is 5.38. The minimum Gasteiger partial charge on any atom is -0.489 e. The lowest BCUT2D eigenvalue weighted by Gasteiger charge is -2.27. The van der Waals surface area contributed by atoms with Crippen LogP contribution in [-0.4, -0.2) is 65.8 Å². The number of halogens is 2. The van der Waals surface area contributed by atoms with Crippen LogP contribution < -0.4 is 28.4 Å². The Morgan fingerprint density at radius 3 is 0.975 bits per heavy atom. The highest BCUT2D eigenvalue weighted by atomic mass is 79.9. The van der Waals surface area contributed by atoms with Gasteiger partial charge in [-0.3, -0.25) is 0 Å². The van der Waals surface area contributed by atoms with Gasteiger partial charge in [0.2, 0.25) is 11.5 Å². The quantitative estimate of drug-likeness (QED) is 0.184. The van der Waals surface area contributed by atoms with Gasteiger partial charge in [-0.15, -0.1) is 0 Å². The lowest BCUT2D eigenvalue weighted by atomic mass is 9.91. The molecule has 0 saturated carbocycles. The van der Waals surface area contributed by atoms with Gasteiger partial charge in [-0.05, 0) is 73.4 Å².